The summed E-state index contributed by atoms with van der Waals surface area (Å²) in [7, 11) is 0. The van der Waals surface area contributed by atoms with Gasteiger partial charge in [0.05, 0.1) is 11.2 Å². The third kappa shape index (κ3) is 2.35. The Morgan fingerprint density at radius 1 is 1.67 bits per heavy atom. The fourth-order valence-electron chi connectivity index (χ4n) is 1.87. The zero-order chi connectivity index (χ0) is 10.8. The fourth-order valence-corrected chi connectivity index (χ4v) is 2.55. The van der Waals surface area contributed by atoms with E-state index in [2.05, 4.69) is 10.3 Å². The van der Waals surface area contributed by atoms with E-state index in [0.29, 0.717) is 4.88 Å². The van der Waals surface area contributed by atoms with Gasteiger partial charge in [0.25, 0.3) is 5.91 Å². The summed E-state index contributed by atoms with van der Waals surface area (Å²) < 4.78 is 0. The molecule has 0 spiro atoms. The monoisotopic (exact) mass is 225 g/mol. The summed E-state index contributed by atoms with van der Waals surface area (Å²) in [5.41, 5.74) is 5.88. The first-order valence-electron chi connectivity index (χ1n) is 5.15. The van der Waals surface area contributed by atoms with Gasteiger partial charge in [-0.15, -0.1) is 11.3 Å². The molecule has 1 amide bonds. The number of aryl methyl sites for hydroxylation is 1. The molecule has 2 unspecified atom stereocenters. The van der Waals surface area contributed by atoms with E-state index in [0.717, 1.165) is 24.3 Å². The van der Waals surface area contributed by atoms with E-state index in [1.165, 1.54) is 11.3 Å². The van der Waals surface area contributed by atoms with Gasteiger partial charge in [0, 0.05) is 12.1 Å². The molecule has 1 aromatic rings. The highest BCUT2D eigenvalue weighted by Crippen LogP contribution is 2.18. The maximum absolute atomic E-state index is 11.8. The van der Waals surface area contributed by atoms with Crippen molar-refractivity contribution in [1.29, 1.82) is 0 Å². The van der Waals surface area contributed by atoms with Gasteiger partial charge in [-0.3, -0.25) is 4.79 Å². The summed E-state index contributed by atoms with van der Waals surface area (Å²) in [5.74, 6) is -0.0389. The molecule has 1 aliphatic carbocycles. The number of hydrogen-bond acceptors (Lipinski definition) is 4. The van der Waals surface area contributed by atoms with Crippen LogP contribution in [0.15, 0.2) is 6.20 Å². The number of nitrogens with one attached hydrogen (secondary N) is 1. The Labute approximate surface area is 92.9 Å². The lowest BCUT2D eigenvalue weighted by atomic mass is 10.2. The van der Waals surface area contributed by atoms with Crippen LogP contribution in [0.3, 0.4) is 0 Å². The summed E-state index contributed by atoms with van der Waals surface area (Å²) in [4.78, 5) is 16.5. The van der Waals surface area contributed by atoms with Crippen LogP contribution < -0.4 is 11.1 Å². The molecule has 0 saturated heterocycles. The third-order valence-electron chi connectivity index (χ3n) is 2.73. The minimum Gasteiger partial charge on any atom is -0.347 e. The number of carbonyl (C=O) groups excluding carboxylic acids is 1. The van der Waals surface area contributed by atoms with Crippen LogP contribution in [0.25, 0.3) is 0 Å². The molecule has 82 valence electrons. The minimum absolute atomic E-state index is 0.0389. The van der Waals surface area contributed by atoms with Gasteiger partial charge in [-0.2, -0.15) is 0 Å². The van der Waals surface area contributed by atoms with Crippen molar-refractivity contribution in [2.24, 2.45) is 5.73 Å². The van der Waals surface area contributed by atoms with Crippen LogP contribution in [0.4, 0.5) is 0 Å². The lowest BCUT2D eigenvalue weighted by Crippen LogP contribution is -2.43. The lowest BCUT2D eigenvalue weighted by Gasteiger charge is -2.16. The highest BCUT2D eigenvalue weighted by molar-refractivity contribution is 7.13. The van der Waals surface area contributed by atoms with Gasteiger partial charge in [-0.05, 0) is 26.2 Å². The molecule has 15 heavy (non-hydrogen) atoms. The van der Waals surface area contributed by atoms with Gasteiger partial charge in [0.2, 0.25) is 0 Å². The molecule has 1 fully saturated rings. The second-order valence-corrected chi connectivity index (χ2v) is 5.15. The van der Waals surface area contributed by atoms with Crippen LogP contribution in [-0.4, -0.2) is 23.0 Å². The van der Waals surface area contributed by atoms with E-state index in [4.69, 9.17) is 5.73 Å². The van der Waals surface area contributed by atoms with Crippen molar-refractivity contribution < 1.29 is 4.79 Å². The van der Waals surface area contributed by atoms with Gasteiger partial charge >= 0.3 is 0 Å². The van der Waals surface area contributed by atoms with E-state index >= 15 is 0 Å². The highest BCUT2D eigenvalue weighted by atomic mass is 32.1. The molecule has 1 aromatic heterocycles. The Hall–Kier alpha value is -0.940. The molecule has 1 saturated carbocycles. The first kappa shape index (κ1) is 10.6. The van der Waals surface area contributed by atoms with Crippen molar-refractivity contribution in [3.8, 4) is 0 Å². The summed E-state index contributed by atoms with van der Waals surface area (Å²) in [6.07, 6.45) is 4.72. The molecule has 1 heterocycles. The molecule has 1 aliphatic rings. The van der Waals surface area contributed by atoms with Crippen molar-refractivity contribution in [1.82, 2.24) is 10.3 Å². The predicted octanol–water partition coefficient (Wildman–Crippen LogP) is 1.06. The van der Waals surface area contributed by atoms with Crippen LogP contribution in [0.2, 0.25) is 0 Å². The van der Waals surface area contributed by atoms with E-state index < -0.39 is 0 Å². The molecule has 0 aromatic carbocycles. The largest absolute Gasteiger partial charge is 0.347 e. The van der Waals surface area contributed by atoms with Crippen LogP contribution in [0.1, 0.15) is 33.9 Å². The van der Waals surface area contributed by atoms with Gasteiger partial charge in [-0.1, -0.05) is 0 Å². The van der Waals surface area contributed by atoms with Gasteiger partial charge in [0.15, 0.2) is 0 Å². The third-order valence-corrected chi connectivity index (χ3v) is 3.64. The van der Waals surface area contributed by atoms with Crippen molar-refractivity contribution in [2.75, 3.05) is 0 Å². The quantitative estimate of drug-likeness (QED) is 0.791. The number of nitrogens with two attached hydrogens (primary N) is 1. The number of thiazole rings is 1. The fraction of sp³-hybridized carbons (Fsp3) is 0.600. The zero-order valence-corrected chi connectivity index (χ0v) is 9.51. The predicted molar refractivity (Wildman–Crippen MR) is 59.9 cm³/mol. The van der Waals surface area contributed by atoms with Crippen molar-refractivity contribution in [3.63, 3.8) is 0 Å². The Balaban J connectivity index is 1.97. The van der Waals surface area contributed by atoms with Crippen LogP contribution in [0, 0.1) is 6.92 Å². The van der Waals surface area contributed by atoms with Crippen LogP contribution >= 0.6 is 11.3 Å². The molecular formula is C10H15N3OS. The van der Waals surface area contributed by atoms with E-state index in [1.54, 1.807) is 6.20 Å². The van der Waals surface area contributed by atoms with Gasteiger partial charge in [-0.25, -0.2) is 4.98 Å². The average molecular weight is 225 g/mol. The molecule has 2 atom stereocenters. The Morgan fingerprint density at radius 3 is 3.00 bits per heavy atom. The second-order valence-electron chi connectivity index (χ2n) is 3.92. The van der Waals surface area contributed by atoms with Crippen LogP contribution in [-0.2, 0) is 0 Å². The molecule has 0 bridgehead atoms. The molecule has 4 nitrogen and oxygen atoms in total. The van der Waals surface area contributed by atoms with Crippen molar-refractivity contribution >= 4 is 17.2 Å². The lowest BCUT2D eigenvalue weighted by molar-refractivity contribution is 0.0938. The van der Waals surface area contributed by atoms with E-state index in [-0.39, 0.29) is 18.0 Å². The van der Waals surface area contributed by atoms with Crippen LogP contribution in [0.5, 0.6) is 0 Å². The number of rotatable bonds is 2. The van der Waals surface area contributed by atoms with E-state index in [1.807, 2.05) is 6.92 Å². The summed E-state index contributed by atoms with van der Waals surface area (Å²) in [6.45, 7) is 1.89. The number of hydrogen-bond donors (Lipinski definition) is 2. The summed E-state index contributed by atoms with van der Waals surface area (Å²) in [5, 5.41) is 3.88. The Bertz CT molecular complexity index is 363. The number of amides is 1. The molecular weight excluding hydrogens is 210 g/mol. The van der Waals surface area contributed by atoms with Gasteiger partial charge < -0.3 is 11.1 Å². The summed E-state index contributed by atoms with van der Waals surface area (Å²) >= 11 is 1.42. The number of aromatic nitrogens is 1. The van der Waals surface area contributed by atoms with Crippen molar-refractivity contribution in [3.05, 3.63) is 16.1 Å². The first-order valence-corrected chi connectivity index (χ1v) is 5.97. The maximum atomic E-state index is 11.8. The molecule has 5 heteroatoms. The Kier molecular flexibility index (Phi) is 3.02. The normalized spacial score (nSPS) is 25.5. The molecule has 2 rings (SSSR count). The smallest absolute Gasteiger partial charge is 0.263 e. The average Bonchev–Trinajstić information content (AvgIpc) is 2.77. The Morgan fingerprint density at radius 2 is 2.47 bits per heavy atom. The molecule has 0 radical (unpaired) electrons. The maximum Gasteiger partial charge on any atom is 0.263 e. The summed E-state index contributed by atoms with van der Waals surface area (Å²) in [6, 6.07) is 0.253. The van der Waals surface area contributed by atoms with Gasteiger partial charge in [0.1, 0.15) is 4.88 Å². The first-order chi connectivity index (χ1) is 7.16. The highest BCUT2D eigenvalue weighted by Gasteiger charge is 2.25. The second kappa shape index (κ2) is 4.28. The number of nitrogens with zero attached hydrogens (tertiary/aromatic N) is 1. The standard InChI is InChI=1S/C10H15N3OS/c1-6-12-5-9(15-6)10(14)13-8-4-2-3-7(8)11/h5,7-8H,2-4,11H2,1H3,(H,13,14). The number of carbonyl (C=O) groups is 1. The molecule has 0 aliphatic heterocycles. The van der Waals surface area contributed by atoms with E-state index in [9.17, 15) is 4.79 Å². The zero-order valence-electron chi connectivity index (χ0n) is 8.69. The SMILES string of the molecule is Cc1ncc(C(=O)NC2CCCC2N)s1. The minimum atomic E-state index is -0.0389. The molecule has 3 N–H and O–H groups in total. The van der Waals surface area contributed by atoms with Crippen molar-refractivity contribution in [2.45, 2.75) is 38.3 Å². The topological polar surface area (TPSA) is 68.0 Å².